The average molecular weight is 681 g/mol. The lowest BCUT2D eigenvalue weighted by Gasteiger charge is -2.13. The maximum Gasteiger partial charge on any atom is 0.297 e. The van der Waals surface area contributed by atoms with Gasteiger partial charge >= 0.3 is 0 Å². The predicted molar refractivity (Wildman–Crippen MR) is 164 cm³/mol. The summed E-state index contributed by atoms with van der Waals surface area (Å²) in [6.07, 6.45) is 0. The normalized spacial score (nSPS) is 13.1. The van der Waals surface area contributed by atoms with Gasteiger partial charge in [0, 0.05) is 26.9 Å². The second kappa shape index (κ2) is 9.22. The first-order chi connectivity index (χ1) is 21.4. The van der Waals surface area contributed by atoms with E-state index in [2.05, 4.69) is 9.97 Å². The number of aromatic nitrogens is 2. The Morgan fingerprint density at radius 1 is 0.457 bits per heavy atom. The summed E-state index contributed by atoms with van der Waals surface area (Å²) in [6, 6.07) is 11.2. The van der Waals surface area contributed by atoms with Gasteiger partial charge in [0.15, 0.2) is 21.7 Å². The molecule has 46 heavy (non-hydrogen) atoms. The van der Waals surface area contributed by atoms with Gasteiger partial charge in [-0.3, -0.25) is 32.8 Å². The first-order valence-corrected chi connectivity index (χ1v) is 16.9. The summed E-state index contributed by atoms with van der Waals surface area (Å²) in [5, 5.41) is -3.16. The van der Waals surface area contributed by atoms with Gasteiger partial charge in [-0.05, 0) is 30.3 Å². The van der Waals surface area contributed by atoms with E-state index < -0.39 is 88.3 Å². The van der Waals surface area contributed by atoms with Crippen LogP contribution in [0.1, 0.15) is 0 Å². The van der Waals surface area contributed by atoms with Gasteiger partial charge in [-0.15, -0.1) is 0 Å². The topological polar surface area (TPSA) is 257 Å². The van der Waals surface area contributed by atoms with Crippen molar-refractivity contribution in [3.63, 3.8) is 0 Å². The fourth-order valence-corrected chi connectivity index (χ4v) is 9.16. The van der Waals surface area contributed by atoms with Crippen LogP contribution in [-0.2, 0) is 30.4 Å². The van der Waals surface area contributed by atoms with Crippen LogP contribution in [-0.4, -0.2) is 48.9 Å². The third-order valence-corrected chi connectivity index (χ3v) is 10.6. The monoisotopic (exact) mass is 680 g/mol. The van der Waals surface area contributed by atoms with E-state index in [1.54, 1.807) is 12.1 Å². The van der Waals surface area contributed by atoms with E-state index in [0.717, 1.165) is 6.07 Å². The molecule has 1 aromatic heterocycles. The van der Waals surface area contributed by atoms with Crippen molar-refractivity contribution >= 4 is 95.5 Å². The number of rotatable bonds is 3. The van der Waals surface area contributed by atoms with Crippen molar-refractivity contribution in [2.24, 2.45) is 0 Å². The van der Waals surface area contributed by atoms with Crippen LogP contribution in [0.25, 0.3) is 65.2 Å². The molecule has 7 aromatic rings. The lowest BCUT2D eigenvalue weighted by atomic mass is 9.99. The molecule has 6 aromatic carbocycles. The molecule has 15 nitrogen and oxygen atoms in total. The van der Waals surface area contributed by atoms with E-state index in [0.29, 0.717) is 0 Å². The highest BCUT2D eigenvalue weighted by Gasteiger charge is 2.37. The number of fused-ring (bicyclic) bond motifs is 8. The highest BCUT2D eigenvalue weighted by atomic mass is 32.2. The van der Waals surface area contributed by atoms with E-state index >= 15 is 0 Å². The summed E-state index contributed by atoms with van der Waals surface area (Å²) in [5.74, 6) is 0. The second-order valence-corrected chi connectivity index (χ2v) is 14.3. The third-order valence-electron chi connectivity index (χ3n) is 7.60. The van der Waals surface area contributed by atoms with Crippen LogP contribution in [0.2, 0.25) is 0 Å². The molecule has 18 heteroatoms. The predicted octanol–water partition coefficient (Wildman–Crippen LogP) is 1.45. The van der Waals surface area contributed by atoms with Crippen LogP contribution < -0.4 is 21.7 Å². The van der Waals surface area contributed by atoms with E-state index in [1.165, 1.54) is 30.3 Å². The summed E-state index contributed by atoms with van der Waals surface area (Å²) in [5.41, 5.74) is -4.06. The van der Waals surface area contributed by atoms with E-state index in [4.69, 9.17) is 0 Å². The van der Waals surface area contributed by atoms with Gasteiger partial charge in [-0.2, -0.15) is 25.3 Å². The molecule has 0 aliphatic carbocycles. The Hall–Kier alpha value is -5.11. The van der Waals surface area contributed by atoms with Crippen LogP contribution in [0.15, 0.2) is 88.5 Å². The Kier molecular flexibility index (Phi) is 5.93. The molecule has 0 bridgehead atoms. The summed E-state index contributed by atoms with van der Waals surface area (Å²) in [6.45, 7) is 0. The van der Waals surface area contributed by atoms with Crippen molar-refractivity contribution in [2.75, 3.05) is 0 Å². The first-order valence-electron chi connectivity index (χ1n) is 12.6. The van der Waals surface area contributed by atoms with Crippen molar-refractivity contribution in [1.82, 2.24) is 9.97 Å². The molecule has 0 unspecified atom stereocenters. The minimum Gasteiger partial charge on any atom is -0.289 e. The largest absolute Gasteiger partial charge is 0.297 e. The van der Waals surface area contributed by atoms with E-state index in [9.17, 15) is 58.1 Å². The standard InChI is InChI=1S/C28H12N2O13S3/c31-23-10-3-1-2-4-11(10)24(32)18-12(23)5-7-15-21(18)29-16-8-6-13-19(22(16)30-15)26(34)14-9-17(44(35,36)37)27(45(38,39)40)28(46(41,42)43)20(14)25(13)33/h1-9H,(H,35,36,37)(H,38,39,40)(H,41,42,43). The molecule has 0 atom stereocenters. The van der Waals surface area contributed by atoms with Gasteiger partial charge in [0.05, 0.1) is 27.2 Å². The third kappa shape index (κ3) is 4.02. The molecule has 0 fully saturated rings. The Labute approximate surface area is 253 Å². The van der Waals surface area contributed by atoms with Gasteiger partial charge in [-0.1, -0.05) is 24.3 Å². The molecule has 0 amide bonds. The molecule has 0 saturated heterocycles. The molecule has 3 N–H and O–H groups in total. The molecule has 0 spiro atoms. The maximum absolute atomic E-state index is 13.9. The van der Waals surface area contributed by atoms with Crippen LogP contribution >= 0.6 is 0 Å². The highest BCUT2D eigenvalue weighted by molar-refractivity contribution is 7.90. The number of nitrogens with zero attached hydrogens (tertiary/aromatic N) is 2. The molecule has 0 aliphatic rings. The zero-order valence-corrected chi connectivity index (χ0v) is 24.7. The van der Waals surface area contributed by atoms with Crippen molar-refractivity contribution in [2.45, 2.75) is 14.7 Å². The number of hydrogen-bond donors (Lipinski definition) is 3. The molecule has 0 saturated carbocycles. The minimum absolute atomic E-state index is 0.00908. The van der Waals surface area contributed by atoms with Crippen LogP contribution in [0.4, 0.5) is 0 Å². The van der Waals surface area contributed by atoms with Crippen molar-refractivity contribution in [1.29, 1.82) is 0 Å². The molecule has 0 radical (unpaired) electrons. The van der Waals surface area contributed by atoms with E-state index in [1.807, 2.05) is 0 Å². The summed E-state index contributed by atoms with van der Waals surface area (Å²) in [7, 11) is -17.5. The van der Waals surface area contributed by atoms with Gasteiger partial charge in [0.25, 0.3) is 30.4 Å². The zero-order valence-electron chi connectivity index (χ0n) is 22.2. The SMILES string of the molecule is O=c1c2ccccc2c(=O)c2c1ccc1nc3c(ccc4c(=O)c5c(S(=O)(=O)O)c(S(=O)(=O)O)c(S(=O)(=O)O)cc5c(=O)c43)nc12. The van der Waals surface area contributed by atoms with Crippen molar-refractivity contribution < 1.29 is 38.9 Å². The van der Waals surface area contributed by atoms with Crippen LogP contribution in [0.3, 0.4) is 0 Å². The Balaban J connectivity index is 1.73. The fourth-order valence-electron chi connectivity index (χ4n) is 5.78. The van der Waals surface area contributed by atoms with Gasteiger partial charge < -0.3 is 0 Å². The van der Waals surface area contributed by atoms with E-state index in [-0.39, 0.29) is 49.7 Å². The lowest BCUT2D eigenvalue weighted by molar-refractivity contribution is 0.457. The quantitative estimate of drug-likeness (QED) is 0.136. The lowest BCUT2D eigenvalue weighted by Crippen LogP contribution is -2.22. The Morgan fingerprint density at radius 2 is 0.891 bits per heavy atom. The maximum atomic E-state index is 13.9. The molecular formula is C28H12N2O13S3. The summed E-state index contributed by atoms with van der Waals surface area (Å²) in [4.78, 5) is 57.3. The number of hydrogen-bond acceptors (Lipinski definition) is 12. The molecule has 1 heterocycles. The minimum atomic E-state index is -5.89. The molecule has 7 rings (SSSR count). The molecule has 230 valence electrons. The summed E-state index contributed by atoms with van der Waals surface area (Å²) >= 11 is 0. The van der Waals surface area contributed by atoms with Gasteiger partial charge in [0.1, 0.15) is 25.7 Å². The zero-order chi connectivity index (χ0) is 33.2. The molecular weight excluding hydrogens is 669 g/mol. The van der Waals surface area contributed by atoms with Crippen LogP contribution in [0, 0.1) is 0 Å². The first kappa shape index (κ1) is 29.6. The Morgan fingerprint density at radius 3 is 1.37 bits per heavy atom. The van der Waals surface area contributed by atoms with Crippen molar-refractivity contribution in [3.8, 4) is 0 Å². The van der Waals surface area contributed by atoms with Crippen molar-refractivity contribution in [3.05, 3.63) is 95.5 Å². The molecule has 0 aliphatic heterocycles. The Bertz CT molecular complexity index is 3190. The number of benzene rings is 6. The summed E-state index contributed by atoms with van der Waals surface area (Å²) < 4.78 is 103. The highest BCUT2D eigenvalue weighted by Crippen LogP contribution is 2.35. The van der Waals surface area contributed by atoms with Gasteiger partial charge in [-0.25, -0.2) is 9.97 Å². The average Bonchev–Trinajstić information content (AvgIpc) is 2.98. The van der Waals surface area contributed by atoms with Crippen LogP contribution in [0.5, 0.6) is 0 Å². The fraction of sp³-hybridized carbons (Fsp3) is 0. The van der Waals surface area contributed by atoms with Gasteiger partial charge in [0.2, 0.25) is 0 Å². The second-order valence-electron chi connectivity index (χ2n) is 10.2. The smallest absolute Gasteiger partial charge is 0.289 e.